The first-order valence-electron chi connectivity index (χ1n) is 6.40. The third kappa shape index (κ3) is 7.56. The van der Waals surface area contributed by atoms with Gasteiger partial charge in [-0.3, -0.25) is 0 Å². The van der Waals surface area contributed by atoms with Gasteiger partial charge in [-0.2, -0.15) is 5.10 Å². The van der Waals surface area contributed by atoms with Gasteiger partial charge in [0.05, 0.1) is 0 Å². The predicted molar refractivity (Wildman–Crippen MR) is 75.4 cm³/mol. The van der Waals surface area contributed by atoms with E-state index in [0.717, 1.165) is 6.42 Å². The van der Waals surface area contributed by atoms with E-state index in [0.29, 0.717) is 0 Å². The minimum absolute atomic E-state index is 0.0700. The smallest absolute Gasteiger partial charge is 0.0464 e. The van der Waals surface area contributed by atoms with Crippen LogP contribution < -0.4 is 5.43 Å². The highest BCUT2D eigenvalue weighted by Gasteiger charge is 2.05. The fraction of sp³-hybridized carbons (Fsp3) is 0.533. The lowest BCUT2D eigenvalue weighted by Gasteiger charge is -2.16. The zero-order valence-corrected chi connectivity index (χ0v) is 11.2. The van der Waals surface area contributed by atoms with E-state index in [9.17, 15) is 0 Å². The minimum Gasteiger partial charge on any atom is -0.305 e. The largest absolute Gasteiger partial charge is 0.305 e. The normalized spacial score (nSPS) is 11.9. The highest BCUT2D eigenvalue weighted by Crippen LogP contribution is 2.05. The van der Waals surface area contributed by atoms with Crippen LogP contribution in [0.25, 0.3) is 0 Å². The monoisotopic (exact) mass is 232 g/mol. The molecule has 1 aromatic rings. The quantitative estimate of drug-likeness (QED) is 0.450. The van der Waals surface area contributed by atoms with Crippen molar-refractivity contribution in [2.75, 3.05) is 0 Å². The molecule has 0 aliphatic carbocycles. The van der Waals surface area contributed by atoms with Crippen molar-refractivity contribution in [1.82, 2.24) is 5.43 Å². The Morgan fingerprint density at radius 2 is 1.82 bits per heavy atom. The Hall–Kier alpha value is -1.31. The molecule has 2 heteroatoms. The second kappa shape index (κ2) is 7.10. The number of hydrogen-bond acceptors (Lipinski definition) is 2. The average molecular weight is 232 g/mol. The van der Waals surface area contributed by atoms with Crippen molar-refractivity contribution in [3.05, 3.63) is 35.9 Å². The summed E-state index contributed by atoms with van der Waals surface area (Å²) in [5.41, 5.74) is 4.60. The molecule has 0 unspecified atom stereocenters. The molecule has 17 heavy (non-hydrogen) atoms. The van der Waals surface area contributed by atoms with Crippen LogP contribution in [-0.4, -0.2) is 11.8 Å². The molecule has 0 aromatic heterocycles. The number of nitrogens with zero attached hydrogens (tertiary/aromatic N) is 1. The van der Waals surface area contributed by atoms with Crippen molar-refractivity contribution in [3.63, 3.8) is 0 Å². The topological polar surface area (TPSA) is 24.4 Å². The summed E-state index contributed by atoms with van der Waals surface area (Å²) in [6, 6.07) is 10.6. The first kappa shape index (κ1) is 13.8. The van der Waals surface area contributed by atoms with E-state index in [1.165, 1.54) is 24.8 Å². The maximum atomic E-state index is 4.21. The van der Waals surface area contributed by atoms with Gasteiger partial charge < -0.3 is 5.43 Å². The number of rotatable bonds is 6. The van der Waals surface area contributed by atoms with Crippen LogP contribution in [0.3, 0.4) is 0 Å². The van der Waals surface area contributed by atoms with Crippen LogP contribution in [0.15, 0.2) is 35.4 Å². The molecule has 1 rings (SSSR count). The van der Waals surface area contributed by atoms with Gasteiger partial charge in [-0.05, 0) is 52.0 Å². The Bertz CT molecular complexity index is 323. The van der Waals surface area contributed by atoms with Crippen molar-refractivity contribution in [2.45, 2.75) is 52.0 Å². The standard InChI is InChI=1S/C15H24N2/c1-15(2,3)17-16-13-9-5-8-12-14-10-6-4-7-11-14/h4,6-7,10-11,13,17H,5,8-9,12H2,1-3H3/b16-13+. The molecule has 0 fully saturated rings. The summed E-state index contributed by atoms with van der Waals surface area (Å²) in [5, 5.41) is 4.21. The Kier molecular flexibility index (Phi) is 5.75. The molecule has 0 aliphatic heterocycles. The zero-order chi connectivity index (χ0) is 12.6. The average Bonchev–Trinajstić information content (AvgIpc) is 2.28. The SMILES string of the molecule is CC(C)(C)N/N=C/CCCCc1ccccc1. The number of aryl methyl sites for hydroxylation is 1. The van der Waals surface area contributed by atoms with Crippen LogP contribution in [0, 0.1) is 0 Å². The first-order chi connectivity index (χ1) is 8.08. The van der Waals surface area contributed by atoms with Gasteiger partial charge in [0.25, 0.3) is 0 Å². The van der Waals surface area contributed by atoms with Crippen molar-refractivity contribution in [1.29, 1.82) is 0 Å². The molecule has 0 bridgehead atoms. The second-order valence-corrected chi connectivity index (χ2v) is 5.40. The van der Waals surface area contributed by atoms with Crippen LogP contribution in [0.1, 0.15) is 45.6 Å². The van der Waals surface area contributed by atoms with Crippen LogP contribution >= 0.6 is 0 Å². The van der Waals surface area contributed by atoms with Crippen LogP contribution in [0.5, 0.6) is 0 Å². The lowest BCUT2D eigenvalue weighted by molar-refractivity contribution is 0.441. The molecule has 0 heterocycles. The summed E-state index contributed by atoms with van der Waals surface area (Å²) in [6.07, 6.45) is 6.63. The van der Waals surface area contributed by atoms with Crippen molar-refractivity contribution < 1.29 is 0 Å². The summed E-state index contributed by atoms with van der Waals surface area (Å²) in [4.78, 5) is 0. The van der Waals surface area contributed by atoms with E-state index in [-0.39, 0.29) is 5.54 Å². The van der Waals surface area contributed by atoms with Gasteiger partial charge >= 0.3 is 0 Å². The first-order valence-corrected chi connectivity index (χ1v) is 6.40. The molecular formula is C15H24N2. The third-order valence-corrected chi connectivity index (χ3v) is 2.38. The number of nitrogens with one attached hydrogen (secondary N) is 1. The number of hydrogen-bond donors (Lipinski definition) is 1. The number of benzene rings is 1. The molecule has 1 N–H and O–H groups in total. The molecular weight excluding hydrogens is 208 g/mol. The summed E-state index contributed by atoms with van der Waals surface area (Å²) in [6.45, 7) is 6.33. The van der Waals surface area contributed by atoms with Gasteiger partial charge in [-0.15, -0.1) is 0 Å². The fourth-order valence-corrected chi connectivity index (χ4v) is 1.51. The fourth-order valence-electron chi connectivity index (χ4n) is 1.51. The molecule has 0 amide bonds. The van der Waals surface area contributed by atoms with Gasteiger partial charge in [-0.1, -0.05) is 30.3 Å². The lowest BCUT2D eigenvalue weighted by Crippen LogP contribution is -2.31. The van der Waals surface area contributed by atoms with E-state index < -0.39 is 0 Å². The van der Waals surface area contributed by atoms with Gasteiger partial charge in [0, 0.05) is 11.8 Å². The third-order valence-electron chi connectivity index (χ3n) is 2.38. The molecule has 0 atom stereocenters. The Morgan fingerprint density at radius 1 is 1.12 bits per heavy atom. The van der Waals surface area contributed by atoms with E-state index in [1.807, 2.05) is 6.21 Å². The van der Waals surface area contributed by atoms with E-state index in [2.05, 4.69) is 61.6 Å². The minimum atomic E-state index is 0.0700. The number of hydrazone groups is 1. The van der Waals surface area contributed by atoms with Crippen LogP contribution in [0.2, 0.25) is 0 Å². The molecule has 0 saturated carbocycles. The molecule has 2 nitrogen and oxygen atoms in total. The highest BCUT2D eigenvalue weighted by atomic mass is 15.3. The molecule has 0 saturated heterocycles. The van der Waals surface area contributed by atoms with Crippen LogP contribution in [0.4, 0.5) is 0 Å². The molecule has 0 radical (unpaired) electrons. The highest BCUT2D eigenvalue weighted by molar-refractivity contribution is 5.56. The lowest BCUT2D eigenvalue weighted by atomic mass is 10.1. The van der Waals surface area contributed by atoms with Crippen molar-refractivity contribution in [3.8, 4) is 0 Å². The molecule has 94 valence electrons. The summed E-state index contributed by atoms with van der Waals surface area (Å²) in [7, 11) is 0. The van der Waals surface area contributed by atoms with E-state index in [1.54, 1.807) is 0 Å². The molecule has 0 aliphatic rings. The van der Waals surface area contributed by atoms with Crippen LogP contribution in [-0.2, 0) is 6.42 Å². The Labute approximate surface area is 105 Å². The second-order valence-electron chi connectivity index (χ2n) is 5.40. The summed E-state index contributed by atoms with van der Waals surface area (Å²) in [5.74, 6) is 0. The number of unbranched alkanes of at least 4 members (excludes halogenated alkanes) is 2. The predicted octanol–water partition coefficient (Wildman–Crippen LogP) is 3.77. The molecule has 1 aromatic carbocycles. The van der Waals surface area contributed by atoms with Gasteiger partial charge in [0.2, 0.25) is 0 Å². The zero-order valence-electron chi connectivity index (χ0n) is 11.2. The summed E-state index contributed by atoms with van der Waals surface area (Å²) >= 11 is 0. The van der Waals surface area contributed by atoms with Gasteiger partial charge in [-0.25, -0.2) is 0 Å². The Balaban J connectivity index is 2.05. The maximum Gasteiger partial charge on any atom is 0.0464 e. The summed E-state index contributed by atoms with van der Waals surface area (Å²) < 4.78 is 0. The van der Waals surface area contributed by atoms with Crippen molar-refractivity contribution in [2.24, 2.45) is 5.10 Å². The van der Waals surface area contributed by atoms with E-state index >= 15 is 0 Å². The van der Waals surface area contributed by atoms with Gasteiger partial charge in [0.1, 0.15) is 0 Å². The van der Waals surface area contributed by atoms with Gasteiger partial charge in [0.15, 0.2) is 0 Å². The van der Waals surface area contributed by atoms with Crippen molar-refractivity contribution >= 4 is 6.21 Å². The van der Waals surface area contributed by atoms with E-state index in [4.69, 9.17) is 0 Å². The maximum absolute atomic E-state index is 4.21. The molecule has 0 spiro atoms. The Morgan fingerprint density at radius 3 is 2.47 bits per heavy atom.